The third-order valence-corrected chi connectivity index (χ3v) is 11.2. The second-order valence-corrected chi connectivity index (χ2v) is 14.3. The Bertz CT molecular complexity index is 1440. The lowest BCUT2D eigenvalue weighted by Gasteiger charge is -2.45. The second kappa shape index (κ2) is 14.4. The minimum atomic E-state index is -0.991. The molecule has 3 saturated heterocycles. The van der Waals surface area contributed by atoms with Crippen LogP contribution in [0, 0.1) is 12.8 Å². The number of nitrogens with two attached hydrogens (primary N) is 1. The fourth-order valence-electron chi connectivity index (χ4n) is 8.26. The topological polar surface area (TPSA) is 120 Å². The average molecular weight is 665 g/mol. The van der Waals surface area contributed by atoms with Crippen molar-refractivity contribution in [2.45, 2.75) is 76.4 Å². The third kappa shape index (κ3) is 7.25. The first-order chi connectivity index (χ1) is 22.7. The van der Waals surface area contributed by atoms with Crippen LogP contribution in [-0.4, -0.2) is 97.1 Å². The van der Waals surface area contributed by atoms with Gasteiger partial charge in [-0.1, -0.05) is 49.2 Å². The molecule has 4 N–H and O–H groups in total. The number of benzene rings is 2. The number of piperidine rings is 2. The van der Waals surface area contributed by atoms with E-state index in [9.17, 15) is 14.4 Å². The Labute approximate surface area is 283 Å². The Morgan fingerprint density at radius 1 is 1.09 bits per heavy atom. The van der Waals surface area contributed by atoms with Gasteiger partial charge in [0.1, 0.15) is 0 Å². The van der Waals surface area contributed by atoms with Crippen LogP contribution in [0.25, 0.3) is 0 Å². The Morgan fingerprint density at radius 2 is 1.83 bits per heavy atom. The standard InChI is InChI=1S/C36H49ClN6O4/c1-3-6-26-9-12-39-23-30(26)41-15-17-42(18-16-41)34(45)31(21-25-19-24(2)33(38)28(37)20-25)47-35(46)43-13-10-36(11-14-43)22-32(44)40-29-8-5-4-7-27(29)36/h4-5,7-8,19-20,26,30-31,39H,3,6,9-18,21-23,38H2,1-2H3,(H,40,44)/t26?,30?,31-/m1/s1. The van der Waals surface area contributed by atoms with Crippen LogP contribution >= 0.6 is 11.6 Å². The number of hydrogen-bond donors (Lipinski definition) is 3. The van der Waals surface area contributed by atoms with Gasteiger partial charge in [0.15, 0.2) is 6.10 Å². The highest BCUT2D eigenvalue weighted by Crippen LogP contribution is 2.45. The number of para-hydroxylation sites is 1. The monoisotopic (exact) mass is 664 g/mol. The molecular formula is C36H49ClN6O4. The van der Waals surface area contributed by atoms with Gasteiger partial charge >= 0.3 is 6.09 Å². The summed E-state index contributed by atoms with van der Waals surface area (Å²) >= 11 is 6.42. The fourth-order valence-corrected chi connectivity index (χ4v) is 8.55. The molecule has 2 aromatic rings. The van der Waals surface area contributed by atoms with Crippen molar-refractivity contribution in [2.24, 2.45) is 5.92 Å². The van der Waals surface area contributed by atoms with Crippen LogP contribution in [-0.2, 0) is 26.2 Å². The molecule has 0 aliphatic carbocycles. The van der Waals surface area contributed by atoms with Gasteiger partial charge in [-0.15, -0.1) is 0 Å². The van der Waals surface area contributed by atoms with Gasteiger partial charge in [0.25, 0.3) is 5.91 Å². The van der Waals surface area contributed by atoms with Gasteiger partial charge in [0.2, 0.25) is 5.91 Å². The van der Waals surface area contributed by atoms with E-state index in [0.717, 1.165) is 48.6 Å². The summed E-state index contributed by atoms with van der Waals surface area (Å²) in [6.07, 6.45) is 4.01. The number of ether oxygens (including phenoxy) is 1. The van der Waals surface area contributed by atoms with E-state index in [0.29, 0.717) is 68.1 Å². The molecule has 4 aliphatic heterocycles. The number of halogens is 1. The van der Waals surface area contributed by atoms with Crippen LogP contribution in [0.3, 0.4) is 0 Å². The number of hydrogen-bond acceptors (Lipinski definition) is 7. The molecule has 47 heavy (non-hydrogen) atoms. The lowest BCUT2D eigenvalue weighted by atomic mass is 9.68. The zero-order valence-electron chi connectivity index (χ0n) is 27.7. The van der Waals surface area contributed by atoms with Crippen LogP contribution in [0.5, 0.6) is 0 Å². The molecule has 3 amide bonds. The number of piperazine rings is 1. The van der Waals surface area contributed by atoms with Crippen molar-refractivity contribution in [3.05, 3.63) is 58.1 Å². The summed E-state index contributed by atoms with van der Waals surface area (Å²) < 4.78 is 6.10. The van der Waals surface area contributed by atoms with Gasteiger partial charge < -0.3 is 30.9 Å². The zero-order chi connectivity index (χ0) is 33.1. The van der Waals surface area contributed by atoms with Gasteiger partial charge in [0.05, 0.1) is 10.7 Å². The lowest BCUT2D eigenvalue weighted by molar-refractivity contribution is -0.143. The van der Waals surface area contributed by atoms with Gasteiger partial charge in [-0.05, 0) is 73.9 Å². The first kappa shape index (κ1) is 33.6. The van der Waals surface area contributed by atoms with Gasteiger partial charge in [-0.3, -0.25) is 14.5 Å². The molecule has 2 aromatic carbocycles. The predicted molar refractivity (Wildman–Crippen MR) is 185 cm³/mol. The van der Waals surface area contributed by atoms with Gasteiger partial charge in [-0.25, -0.2) is 4.79 Å². The maximum atomic E-state index is 14.1. The molecule has 6 rings (SSSR count). The normalized spacial score (nSPS) is 23.6. The minimum Gasteiger partial charge on any atom is -0.436 e. The Kier molecular flexibility index (Phi) is 10.3. The van der Waals surface area contributed by atoms with Gasteiger partial charge in [0, 0.05) is 75.8 Å². The molecule has 2 unspecified atom stereocenters. The van der Waals surface area contributed by atoms with E-state index in [1.807, 2.05) is 36.1 Å². The minimum absolute atomic E-state index is 0.00331. The molecule has 3 atom stereocenters. The van der Waals surface area contributed by atoms with Crippen LogP contribution in [0.2, 0.25) is 5.02 Å². The molecule has 0 aromatic heterocycles. The highest BCUT2D eigenvalue weighted by atomic mass is 35.5. The van der Waals surface area contributed by atoms with E-state index in [1.165, 1.54) is 19.3 Å². The third-order valence-electron chi connectivity index (χ3n) is 10.9. The molecule has 0 radical (unpaired) electrons. The average Bonchev–Trinajstić information content (AvgIpc) is 3.07. The molecule has 0 saturated carbocycles. The summed E-state index contributed by atoms with van der Waals surface area (Å²) in [6, 6.07) is 12.1. The van der Waals surface area contributed by atoms with Crippen LogP contribution < -0.4 is 16.4 Å². The zero-order valence-corrected chi connectivity index (χ0v) is 28.5. The summed E-state index contributed by atoms with van der Waals surface area (Å²) in [6.45, 7) is 9.88. The predicted octanol–water partition coefficient (Wildman–Crippen LogP) is 4.58. The van der Waals surface area contributed by atoms with Crippen molar-refractivity contribution in [3.63, 3.8) is 0 Å². The number of amides is 3. The Balaban J connectivity index is 1.14. The van der Waals surface area contributed by atoms with Crippen molar-refractivity contribution in [1.29, 1.82) is 0 Å². The van der Waals surface area contributed by atoms with Crippen molar-refractivity contribution in [3.8, 4) is 0 Å². The first-order valence-corrected chi connectivity index (χ1v) is 17.7. The molecule has 4 heterocycles. The molecular weight excluding hydrogens is 616 g/mol. The van der Waals surface area contributed by atoms with Crippen LogP contribution in [0.4, 0.5) is 16.2 Å². The largest absolute Gasteiger partial charge is 0.436 e. The maximum absolute atomic E-state index is 14.1. The van der Waals surface area contributed by atoms with E-state index < -0.39 is 12.2 Å². The molecule has 254 valence electrons. The molecule has 1 spiro atoms. The number of aryl methyl sites for hydroxylation is 1. The number of carbonyl (C=O) groups is 3. The highest BCUT2D eigenvalue weighted by Gasteiger charge is 2.44. The number of anilines is 2. The second-order valence-electron chi connectivity index (χ2n) is 13.9. The number of fused-ring (bicyclic) bond motifs is 2. The lowest BCUT2D eigenvalue weighted by Crippen LogP contribution is -2.59. The smallest absolute Gasteiger partial charge is 0.410 e. The number of rotatable bonds is 7. The Morgan fingerprint density at radius 3 is 2.55 bits per heavy atom. The molecule has 11 heteroatoms. The van der Waals surface area contributed by atoms with Crippen LogP contribution in [0.1, 0.15) is 62.1 Å². The first-order valence-electron chi connectivity index (χ1n) is 17.3. The van der Waals surface area contributed by atoms with E-state index in [-0.39, 0.29) is 23.7 Å². The van der Waals surface area contributed by atoms with E-state index in [2.05, 4.69) is 28.5 Å². The summed E-state index contributed by atoms with van der Waals surface area (Å²) in [5.41, 5.74) is 9.89. The van der Waals surface area contributed by atoms with E-state index in [1.54, 1.807) is 11.0 Å². The Hall–Kier alpha value is -3.34. The fraction of sp³-hybridized carbons (Fsp3) is 0.583. The number of likely N-dealkylation sites (tertiary alicyclic amines) is 1. The highest BCUT2D eigenvalue weighted by molar-refractivity contribution is 6.33. The van der Waals surface area contributed by atoms with Crippen LogP contribution in [0.15, 0.2) is 36.4 Å². The summed E-state index contributed by atoms with van der Waals surface area (Å²) in [4.78, 5) is 46.5. The summed E-state index contributed by atoms with van der Waals surface area (Å²) in [5, 5.41) is 6.98. The SMILES string of the molecule is CCCC1CCNCC1N1CCN(C(=O)[C@@H](Cc2cc(C)c(N)c(Cl)c2)OC(=O)N2CCC3(CC2)CC(=O)Nc2ccccc23)CC1. The maximum Gasteiger partial charge on any atom is 0.410 e. The number of nitrogens with one attached hydrogen (secondary N) is 2. The molecule has 4 aliphatic rings. The molecule has 0 bridgehead atoms. The quantitative estimate of drug-likeness (QED) is 0.371. The van der Waals surface area contributed by atoms with Crippen molar-refractivity contribution < 1.29 is 19.1 Å². The van der Waals surface area contributed by atoms with Crippen molar-refractivity contribution in [2.75, 3.05) is 63.4 Å². The summed E-state index contributed by atoms with van der Waals surface area (Å²) in [7, 11) is 0. The number of carbonyl (C=O) groups excluding carboxylic acids is 3. The number of nitrogen functional groups attached to an aromatic ring is 1. The van der Waals surface area contributed by atoms with Crippen molar-refractivity contribution in [1.82, 2.24) is 20.0 Å². The molecule has 3 fully saturated rings. The van der Waals surface area contributed by atoms with Gasteiger partial charge in [-0.2, -0.15) is 0 Å². The number of nitrogens with zero attached hydrogens (tertiary/aromatic N) is 3. The van der Waals surface area contributed by atoms with E-state index >= 15 is 0 Å². The van der Waals surface area contributed by atoms with Crippen molar-refractivity contribution >= 4 is 40.9 Å². The van der Waals surface area contributed by atoms with E-state index in [4.69, 9.17) is 22.1 Å². The molecule has 10 nitrogen and oxygen atoms in total. The summed E-state index contributed by atoms with van der Waals surface area (Å²) in [5.74, 6) is 0.501.